The van der Waals surface area contributed by atoms with Crippen LogP contribution in [0.2, 0.25) is 0 Å². The van der Waals surface area contributed by atoms with Crippen molar-refractivity contribution < 1.29 is 28.6 Å². The average Bonchev–Trinajstić information content (AvgIpc) is 3.13. The van der Waals surface area contributed by atoms with Gasteiger partial charge >= 0.3 is 0 Å². The Morgan fingerprint density at radius 1 is 0.824 bits per heavy atom. The molecule has 1 saturated heterocycles. The van der Waals surface area contributed by atoms with Gasteiger partial charge in [0.15, 0.2) is 5.75 Å². The normalized spacial score (nSPS) is 18.5. The molecule has 0 bridgehead atoms. The van der Waals surface area contributed by atoms with Crippen molar-refractivity contribution in [1.82, 2.24) is 20.1 Å². The van der Waals surface area contributed by atoms with E-state index >= 15 is 0 Å². The summed E-state index contributed by atoms with van der Waals surface area (Å²) >= 11 is 0. The topological polar surface area (TPSA) is 133 Å². The Kier molecular flexibility index (Phi) is 9.87. The number of hydrogen-bond acceptors (Lipinski definition) is 8. The smallest absolute Gasteiger partial charge is 0.271 e. The summed E-state index contributed by atoms with van der Waals surface area (Å²) in [5.41, 5.74) is 4.97. The largest absolute Gasteiger partial charge is 0.508 e. The molecule has 2 N–H and O–H groups in total. The molecule has 0 saturated carbocycles. The van der Waals surface area contributed by atoms with Gasteiger partial charge < -0.3 is 14.6 Å². The summed E-state index contributed by atoms with van der Waals surface area (Å²) in [6.45, 7) is 0.557. The van der Waals surface area contributed by atoms with E-state index in [4.69, 9.17) is 9.47 Å². The third-order valence-corrected chi connectivity index (χ3v) is 9.56. The number of pyridine rings is 1. The number of rotatable bonds is 11. The van der Waals surface area contributed by atoms with Gasteiger partial charge in [-0.05, 0) is 115 Å². The van der Waals surface area contributed by atoms with Gasteiger partial charge in [-0.1, -0.05) is 30.3 Å². The molecule has 3 aromatic carbocycles. The lowest BCUT2D eigenvalue weighted by atomic mass is 9.69. The number of phenolic OH excluding ortho intramolecular Hbond substituents is 1. The maximum atomic E-state index is 13.7. The van der Waals surface area contributed by atoms with Gasteiger partial charge in [-0.2, -0.15) is 5.10 Å². The zero-order valence-electron chi connectivity index (χ0n) is 27.8. The fourth-order valence-corrected chi connectivity index (χ4v) is 7.02. The molecule has 3 atom stereocenters. The number of aromatic hydroxyl groups is 1. The summed E-state index contributed by atoms with van der Waals surface area (Å²) < 4.78 is 26.6. The summed E-state index contributed by atoms with van der Waals surface area (Å²) in [7, 11) is 0. The highest BCUT2D eigenvalue weighted by Crippen LogP contribution is 2.47. The van der Waals surface area contributed by atoms with E-state index in [-0.39, 0.29) is 47.9 Å². The molecule has 1 aliphatic carbocycles. The van der Waals surface area contributed by atoms with Crippen LogP contribution in [0.5, 0.6) is 23.0 Å². The minimum Gasteiger partial charge on any atom is -0.508 e. The Bertz CT molecular complexity index is 2080. The number of phenols is 1. The molecular weight excluding hydrogens is 651 g/mol. The summed E-state index contributed by atoms with van der Waals surface area (Å²) in [6.07, 6.45) is 7.53. The van der Waals surface area contributed by atoms with Crippen LogP contribution < -0.4 is 20.3 Å². The van der Waals surface area contributed by atoms with Crippen LogP contribution in [0.3, 0.4) is 0 Å². The Balaban J connectivity index is 0.900. The summed E-state index contributed by atoms with van der Waals surface area (Å²) in [5, 5.41) is 16.4. The minimum atomic E-state index is -0.832. The number of carbonyl (C=O) groups is 2. The number of benzene rings is 3. The molecular formula is C40H37FN4O6. The molecule has 2 amide bonds. The third kappa shape index (κ3) is 7.82. The predicted octanol–water partition coefficient (Wildman–Crippen LogP) is 6.52. The highest BCUT2D eigenvalue weighted by molar-refractivity contribution is 5.99. The first-order chi connectivity index (χ1) is 24.8. The van der Waals surface area contributed by atoms with Gasteiger partial charge in [-0.25, -0.2) is 9.07 Å². The van der Waals surface area contributed by atoms with E-state index in [1.54, 1.807) is 18.3 Å². The molecule has 51 heavy (non-hydrogen) atoms. The fourth-order valence-electron chi connectivity index (χ4n) is 7.02. The number of piperidine rings is 1. The van der Waals surface area contributed by atoms with Crippen molar-refractivity contribution in [3.63, 3.8) is 0 Å². The van der Waals surface area contributed by atoms with Gasteiger partial charge in [0.1, 0.15) is 29.1 Å². The quantitative estimate of drug-likeness (QED) is 0.119. The van der Waals surface area contributed by atoms with Crippen molar-refractivity contribution >= 4 is 11.8 Å². The minimum absolute atomic E-state index is 0.0727. The Morgan fingerprint density at radius 2 is 1.61 bits per heavy atom. The fraction of sp³-hybridized carbons (Fsp3) is 0.275. The summed E-state index contributed by atoms with van der Waals surface area (Å²) in [5.74, 6) is 0.834. The zero-order chi connectivity index (χ0) is 35.3. The second-order valence-electron chi connectivity index (χ2n) is 13.0. The number of unbranched alkanes of at least 4 members (excludes halogenated alkanes) is 1. The number of amides is 2. The first-order valence-corrected chi connectivity index (χ1v) is 17.2. The van der Waals surface area contributed by atoms with E-state index in [9.17, 15) is 23.9 Å². The first kappa shape index (κ1) is 33.6. The van der Waals surface area contributed by atoms with Crippen molar-refractivity contribution in [2.45, 2.75) is 62.8 Å². The van der Waals surface area contributed by atoms with Gasteiger partial charge in [0.05, 0.1) is 19.0 Å². The standard InChI is InChI=1S/C40H37FN4O6/c41-28-9-4-25(5-10-28)34-16-8-27-21-30(46)12-17-35(27)39(34)26-6-13-31(14-7-26)50-20-2-1-3-29-11-15-32(23-42-29)51-33-22-38(48)45(43-24-33)36-18-19-37(47)44-40(36)49/h4-7,9-15,17,21-24,34,36,39,46H,1-3,8,16,18-20H2,(H,44,47,49). The van der Waals surface area contributed by atoms with Crippen LogP contribution in [0.1, 0.15) is 77.9 Å². The molecule has 0 spiro atoms. The summed E-state index contributed by atoms with van der Waals surface area (Å²) in [4.78, 5) is 40.6. The van der Waals surface area contributed by atoms with Gasteiger partial charge in [-0.15, -0.1) is 0 Å². The third-order valence-electron chi connectivity index (χ3n) is 9.56. The monoisotopic (exact) mass is 688 g/mol. The predicted molar refractivity (Wildman–Crippen MR) is 187 cm³/mol. The zero-order valence-corrected chi connectivity index (χ0v) is 27.8. The van der Waals surface area contributed by atoms with Gasteiger partial charge in [0.2, 0.25) is 5.91 Å². The van der Waals surface area contributed by atoms with Crippen LogP contribution in [0.25, 0.3) is 0 Å². The van der Waals surface area contributed by atoms with Crippen molar-refractivity contribution in [3.05, 3.63) is 141 Å². The maximum absolute atomic E-state index is 13.7. The molecule has 260 valence electrons. The van der Waals surface area contributed by atoms with Crippen LogP contribution in [-0.4, -0.2) is 38.3 Å². The van der Waals surface area contributed by atoms with E-state index < -0.39 is 17.5 Å². The first-order valence-electron chi connectivity index (χ1n) is 17.2. The number of halogens is 1. The molecule has 2 aliphatic rings. The van der Waals surface area contributed by atoms with E-state index in [2.05, 4.69) is 27.5 Å². The number of fused-ring (bicyclic) bond motifs is 1. The van der Waals surface area contributed by atoms with Crippen LogP contribution in [-0.2, 0) is 22.4 Å². The molecule has 3 heterocycles. The molecule has 5 aromatic rings. The highest BCUT2D eigenvalue weighted by Gasteiger charge is 2.32. The number of imide groups is 1. The van der Waals surface area contributed by atoms with Crippen LogP contribution in [0, 0.1) is 5.82 Å². The van der Waals surface area contributed by atoms with Gasteiger partial charge in [0.25, 0.3) is 11.5 Å². The Morgan fingerprint density at radius 3 is 2.35 bits per heavy atom. The molecule has 7 rings (SSSR count). The van der Waals surface area contributed by atoms with Crippen LogP contribution >= 0.6 is 0 Å². The van der Waals surface area contributed by atoms with Gasteiger partial charge in [-0.3, -0.25) is 24.7 Å². The van der Waals surface area contributed by atoms with E-state index in [1.807, 2.05) is 42.5 Å². The molecule has 11 heteroatoms. The van der Waals surface area contributed by atoms with E-state index in [1.165, 1.54) is 30.0 Å². The van der Waals surface area contributed by atoms with Crippen molar-refractivity contribution in [2.24, 2.45) is 0 Å². The Hall–Kier alpha value is -5.84. The molecule has 2 aromatic heterocycles. The van der Waals surface area contributed by atoms with Crippen molar-refractivity contribution in [3.8, 4) is 23.0 Å². The van der Waals surface area contributed by atoms with Gasteiger partial charge in [0, 0.05) is 24.1 Å². The number of hydrogen-bond donors (Lipinski definition) is 2. The molecule has 10 nitrogen and oxygen atoms in total. The second kappa shape index (κ2) is 15.0. The lowest BCUT2D eigenvalue weighted by molar-refractivity contribution is -0.136. The lowest BCUT2D eigenvalue weighted by Gasteiger charge is -2.35. The summed E-state index contributed by atoms with van der Waals surface area (Å²) in [6, 6.07) is 24.7. The van der Waals surface area contributed by atoms with Crippen molar-refractivity contribution in [1.29, 1.82) is 0 Å². The lowest BCUT2D eigenvalue weighted by Crippen LogP contribution is -2.45. The SMILES string of the molecule is O=C1CCC(n2ncc(Oc3ccc(CCCCOc4ccc(C5c6ccc(O)cc6CCC5c5ccc(F)cc5)cc4)nc3)cc2=O)C(=O)N1. The molecule has 1 fully saturated rings. The van der Waals surface area contributed by atoms with Crippen LogP contribution in [0.15, 0.2) is 102 Å². The number of aromatic nitrogens is 3. The number of carbonyl (C=O) groups excluding carboxylic acids is 2. The number of nitrogens with one attached hydrogen (secondary N) is 1. The molecule has 3 unspecified atom stereocenters. The van der Waals surface area contributed by atoms with Crippen LogP contribution in [0.4, 0.5) is 4.39 Å². The maximum Gasteiger partial charge on any atom is 0.271 e. The average molecular weight is 689 g/mol. The molecule has 0 radical (unpaired) electrons. The van der Waals surface area contributed by atoms with E-state index in [0.717, 1.165) is 64.9 Å². The number of nitrogens with zero attached hydrogens (tertiary/aromatic N) is 3. The van der Waals surface area contributed by atoms with E-state index in [0.29, 0.717) is 12.4 Å². The van der Waals surface area contributed by atoms with Crippen molar-refractivity contribution in [2.75, 3.05) is 6.61 Å². The number of ether oxygens (including phenoxy) is 2. The second-order valence-corrected chi connectivity index (χ2v) is 13.0. The number of aryl methyl sites for hydroxylation is 2. The highest BCUT2D eigenvalue weighted by atomic mass is 19.1. The molecule has 1 aliphatic heterocycles. The Labute approximate surface area is 293 Å².